The van der Waals surface area contributed by atoms with Crippen molar-refractivity contribution in [3.8, 4) is 11.5 Å². The van der Waals surface area contributed by atoms with Crippen LogP contribution in [0.15, 0.2) is 18.2 Å². The van der Waals surface area contributed by atoms with Gasteiger partial charge in [0.15, 0.2) is 11.5 Å². The van der Waals surface area contributed by atoms with Crippen LogP contribution >= 0.6 is 0 Å². The Bertz CT molecular complexity index is 423. The fourth-order valence-corrected chi connectivity index (χ4v) is 2.64. The maximum Gasteiger partial charge on any atom is 0.162 e. The van der Waals surface area contributed by atoms with E-state index in [1.54, 1.807) is 14.2 Å². The van der Waals surface area contributed by atoms with Crippen molar-refractivity contribution in [3.63, 3.8) is 0 Å². The summed E-state index contributed by atoms with van der Waals surface area (Å²) in [6, 6.07) is 7.21. The maximum atomic E-state index is 5.40. The molecule has 1 N–H and O–H groups in total. The zero-order chi connectivity index (χ0) is 13.8. The number of benzene rings is 1. The van der Waals surface area contributed by atoms with Crippen LogP contribution in [-0.4, -0.2) is 39.4 Å². The molecular weight excluding hydrogens is 240 g/mol. The largest absolute Gasteiger partial charge is 0.493 e. The first-order valence-corrected chi connectivity index (χ1v) is 6.91. The predicted octanol–water partition coefficient (Wildman–Crippen LogP) is 2.28. The summed E-state index contributed by atoms with van der Waals surface area (Å²) in [4.78, 5) is 2.46. The molecule has 2 unspecified atom stereocenters. The smallest absolute Gasteiger partial charge is 0.162 e. The first-order chi connectivity index (χ1) is 9.19. The topological polar surface area (TPSA) is 33.7 Å². The molecule has 0 saturated carbocycles. The molecule has 1 aromatic rings. The van der Waals surface area contributed by atoms with E-state index in [0.29, 0.717) is 12.1 Å². The predicted molar refractivity (Wildman–Crippen MR) is 78.4 cm³/mol. The quantitative estimate of drug-likeness (QED) is 0.904. The Morgan fingerprint density at radius 3 is 2.63 bits per heavy atom. The molecule has 1 fully saturated rings. The standard InChI is InChI=1S/C15H24N2O2/c1-5-12-9-16-11(2)10-17(12)13-6-7-14(18-3)15(8-13)19-4/h6-8,11-12,16H,5,9-10H2,1-4H3. The van der Waals surface area contributed by atoms with E-state index in [1.807, 2.05) is 6.07 Å². The number of hydrogen-bond donors (Lipinski definition) is 1. The van der Waals surface area contributed by atoms with Crippen molar-refractivity contribution in [2.45, 2.75) is 32.4 Å². The number of piperazine rings is 1. The molecule has 0 aliphatic carbocycles. The molecule has 1 heterocycles. The van der Waals surface area contributed by atoms with Gasteiger partial charge in [0.05, 0.1) is 14.2 Å². The summed E-state index contributed by atoms with van der Waals surface area (Å²) in [5, 5.41) is 3.54. The third kappa shape index (κ3) is 2.95. The minimum Gasteiger partial charge on any atom is -0.493 e. The fourth-order valence-electron chi connectivity index (χ4n) is 2.64. The lowest BCUT2D eigenvalue weighted by Crippen LogP contribution is -2.55. The lowest BCUT2D eigenvalue weighted by Gasteiger charge is -2.40. The molecule has 2 atom stereocenters. The van der Waals surface area contributed by atoms with Crippen LogP contribution in [0.2, 0.25) is 0 Å². The van der Waals surface area contributed by atoms with E-state index in [4.69, 9.17) is 9.47 Å². The SMILES string of the molecule is CCC1CNC(C)CN1c1ccc(OC)c(OC)c1. The number of rotatable bonds is 4. The minimum atomic E-state index is 0.510. The monoisotopic (exact) mass is 264 g/mol. The highest BCUT2D eigenvalue weighted by molar-refractivity contribution is 5.57. The Balaban J connectivity index is 2.28. The molecule has 4 heteroatoms. The molecule has 1 aromatic carbocycles. The Morgan fingerprint density at radius 1 is 1.26 bits per heavy atom. The van der Waals surface area contributed by atoms with Crippen LogP contribution in [0.3, 0.4) is 0 Å². The van der Waals surface area contributed by atoms with Crippen molar-refractivity contribution in [1.82, 2.24) is 5.32 Å². The highest BCUT2D eigenvalue weighted by atomic mass is 16.5. The van der Waals surface area contributed by atoms with Crippen LogP contribution in [0.1, 0.15) is 20.3 Å². The van der Waals surface area contributed by atoms with Gasteiger partial charge in [0.25, 0.3) is 0 Å². The first-order valence-electron chi connectivity index (χ1n) is 6.91. The van der Waals surface area contributed by atoms with Gasteiger partial charge in [-0.05, 0) is 25.5 Å². The van der Waals surface area contributed by atoms with Crippen LogP contribution in [0.4, 0.5) is 5.69 Å². The van der Waals surface area contributed by atoms with Crippen LogP contribution in [0.5, 0.6) is 11.5 Å². The van der Waals surface area contributed by atoms with Gasteiger partial charge >= 0.3 is 0 Å². The van der Waals surface area contributed by atoms with Gasteiger partial charge in [0.2, 0.25) is 0 Å². The van der Waals surface area contributed by atoms with E-state index in [0.717, 1.165) is 31.0 Å². The van der Waals surface area contributed by atoms with Crippen molar-refractivity contribution in [3.05, 3.63) is 18.2 Å². The number of nitrogens with zero attached hydrogens (tertiary/aromatic N) is 1. The zero-order valence-corrected chi connectivity index (χ0v) is 12.3. The van der Waals surface area contributed by atoms with Crippen molar-refractivity contribution < 1.29 is 9.47 Å². The molecule has 4 nitrogen and oxygen atoms in total. The summed E-state index contributed by atoms with van der Waals surface area (Å²) in [7, 11) is 3.35. The van der Waals surface area contributed by atoms with Gasteiger partial charge in [0, 0.05) is 36.9 Å². The Morgan fingerprint density at radius 2 is 2.00 bits per heavy atom. The van der Waals surface area contributed by atoms with Crippen molar-refractivity contribution in [2.75, 3.05) is 32.2 Å². The van der Waals surface area contributed by atoms with E-state index in [9.17, 15) is 0 Å². The Hall–Kier alpha value is -1.42. The Kier molecular flexibility index (Phi) is 4.53. The van der Waals surface area contributed by atoms with Gasteiger partial charge in [-0.3, -0.25) is 0 Å². The minimum absolute atomic E-state index is 0.510. The number of nitrogens with one attached hydrogen (secondary N) is 1. The second-order valence-electron chi connectivity index (χ2n) is 5.06. The molecule has 0 radical (unpaired) electrons. The maximum absolute atomic E-state index is 5.40. The molecule has 0 amide bonds. The average molecular weight is 264 g/mol. The Labute approximate surface area is 115 Å². The van der Waals surface area contributed by atoms with Crippen molar-refractivity contribution >= 4 is 5.69 Å². The van der Waals surface area contributed by atoms with E-state index >= 15 is 0 Å². The summed E-state index contributed by atoms with van der Waals surface area (Å²) in [5.41, 5.74) is 1.21. The van der Waals surface area contributed by atoms with E-state index in [1.165, 1.54) is 5.69 Å². The van der Waals surface area contributed by atoms with Crippen LogP contribution in [-0.2, 0) is 0 Å². The molecule has 2 rings (SSSR count). The molecule has 1 aliphatic rings. The lowest BCUT2D eigenvalue weighted by molar-refractivity contribution is 0.354. The average Bonchev–Trinajstić information content (AvgIpc) is 2.46. The second-order valence-corrected chi connectivity index (χ2v) is 5.06. The van der Waals surface area contributed by atoms with Gasteiger partial charge in [0.1, 0.15) is 0 Å². The molecule has 0 spiro atoms. The van der Waals surface area contributed by atoms with E-state index in [2.05, 4.69) is 36.2 Å². The summed E-state index contributed by atoms with van der Waals surface area (Å²) in [6.45, 7) is 6.51. The van der Waals surface area contributed by atoms with Crippen LogP contribution in [0.25, 0.3) is 0 Å². The number of hydrogen-bond acceptors (Lipinski definition) is 4. The summed E-state index contributed by atoms with van der Waals surface area (Å²) in [6.07, 6.45) is 1.13. The lowest BCUT2D eigenvalue weighted by atomic mass is 10.1. The molecular formula is C15H24N2O2. The van der Waals surface area contributed by atoms with Gasteiger partial charge in [-0.2, -0.15) is 0 Å². The number of methoxy groups -OCH3 is 2. The van der Waals surface area contributed by atoms with Crippen LogP contribution < -0.4 is 19.7 Å². The molecule has 0 aromatic heterocycles. The zero-order valence-electron chi connectivity index (χ0n) is 12.3. The normalized spacial score (nSPS) is 23.3. The van der Waals surface area contributed by atoms with E-state index in [-0.39, 0.29) is 0 Å². The highest BCUT2D eigenvalue weighted by Gasteiger charge is 2.25. The second kappa shape index (κ2) is 6.15. The third-order valence-electron chi connectivity index (χ3n) is 3.78. The number of anilines is 1. The van der Waals surface area contributed by atoms with Crippen molar-refractivity contribution in [2.24, 2.45) is 0 Å². The third-order valence-corrected chi connectivity index (χ3v) is 3.78. The van der Waals surface area contributed by atoms with E-state index < -0.39 is 0 Å². The summed E-state index contributed by atoms with van der Waals surface area (Å²) >= 11 is 0. The van der Waals surface area contributed by atoms with Gasteiger partial charge in [-0.1, -0.05) is 6.92 Å². The highest BCUT2D eigenvalue weighted by Crippen LogP contribution is 2.33. The van der Waals surface area contributed by atoms with Crippen LogP contribution in [0, 0.1) is 0 Å². The van der Waals surface area contributed by atoms with Gasteiger partial charge in [-0.15, -0.1) is 0 Å². The first kappa shape index (κ1) is 14.0. The fraction of sp³-hybridized carbons (Fsp3) is 0.600. The molecule has 1 saturated heterocycles. The molecule has 106 valence electrons. The molecule has 0 bridgehead atoms. The summed E-state index contributed by atoms with van der Waals surface area (Å²) in [5.74, 6) is 1.57. The van der Waals surface area contributed by atoms with Gasteiger partial charge in [-0.25, -0.2) is 0 Å². The van der Waals surface area contributed by atoms with Crippen molar-refractivity contribution in [1.29, 1.82) is 0 Å². The molecule has 1 aliphatic heterocycles. The summed E-state index contributed by atoms with van der Waals surface area (Å²) < 4.78 is 10.7. The molecule has 19 heavy (non-hydrogen) atoms. The number of ether oxygens (including phenoxy) is 2. The van der Waals surface area contributed by atoms with Gasteiger partial charge < -0.3 is 19.7 Å².